The molecule has 3 aliphatic heterocycles. The zero-order valence-corrected chi connectivity index (χ0v) is 28.1. The molecule has 0 N–H and O–H groups in total. The Morgan fingerprint density at radius 2 is 1.64 bits per heavy atom. The van der Waals surface area contributed by atoms with Crippen molar-refractivity contribution in [3.05, 3.63) is 103 Å². The van der Waals surface area contributed by atoms with Crippen molar-refractivity contribution in [2.24, 2.45) is 21.4 Å². The molecular formula is C34H28Cl4N6O3. The lowest BCUT2D eigenvalue weighted by atomic mass is 9.77. The molecule has 7 rings (SSSR count). The van der Waals surface area contributed by atoms with Crippen LogP contribution in [-0.4, -0.2) is 52.1 Å². The molecule has 3 amide bonds. The fraction of sp³-hybridized carbons (Fsp3) is 0.294. The van der Waals surface area contributed by atoms with Crippen LogP contribution in [0.4, 0.5) is 5.69 Å². The molecular weight excluding hydrogens is 682 g/mol. The predicted molar refractivity (Wildman–Crippen MR) is 183 cm³/mol. The minimum atomic E-state index is -1.03. The molecule has 1 aliphatic carbocycles. The summed E-state index contributed by atoms with van der Waals surface area (Å²) in [7, 11) is 0. The molecule has 3 aromatic rings. The second-order valence-corrected chi connectivity index (χ2v) is 13.6. The van der Waals surface area contributed by atoms with Gasteiger partial charge in [0.25, 0.3) is 17.7 Å². The summed E-state index contributed by atoms with van der Waals surface area (Å²) in [6, 6.07) is 15.2. The summed E-state index contributed by atoms with van der Waals surface area (Å²) in [5.41, 5.74) is 4.76. The van der Waals surface area contributed by atoms with Crippen LogP contribution in [-0.2, 0) is 20.8 Å². The molecule has 2 fully saturated rings. The first kappa shape index (κ1) is 31.8. The summed E-state index contributed by atoms with van der Waals surface area (Å²) in [6.07, 6.45) is 5.19. The fourth-order valence-corrected chi connectivity index (χ4v) is 7.75. The van der Waals surface area contributed by atoms with Gasteiger partial charge < -0.3 is 0 Å². The first-order valence-corrected chi connectivity index (χ1v) is 16.8. The first-order chi connectivity index (χ1) is 22.6. The Bertz CT molecular complexity index is 1890. The zero-order chi connectivity index (χ0) is 33.0. The van der Waals surface area contributed by atoms with Crippen LogP contribution in [0.3, 0.4) is 0 Å². The molecule has 4 atom stereocenters. The van der Waals surface area contributed by atoms with E-state index in [0.717, 1.165) is 53.0 Å². The highest BCUT2D eigenvalue weighted by molar-refractivity contribution is 6.36. The maximum absolute atomic E-state index is 14.2. The summed E-state index contributed by atoms with van der Waals surface area (Å²) in [5, 5.41) is 17.8. The third-order valence-corrected chi connectivity index (χ3v) is 10.2. The summed E-state index contributed by atoms with van der Waals surface area (Å²) >= 11 is 25.6. The number of halogens is 4. The second-order valence-electron chi connectivity index (χ2n) is 11.9. The lowest BCUT2D eigenvalue weighted by Gasteiger charge is -2.31. The number of aryl methyl sites for hydroxylation is 1. The van der Waals surface area contributed by atoms with Crippen molar-refractivity contribution in [3.63, 3.8) is 0 Å². The van der Waals surface area contributed by atoms with E-state index in [1.807, 2.05) is 37.3 Å². The number of carbonyl (C=O) groups is 3. The average molecular weight is 710 g/mol. The van der Waals surface area contributed by atoms with Crippen molar-refractivity contribution in [2.75, 3.05) is 11.4 Å². The molecule has 0 spiro atoms. The molecule has 1 saturated heterocycles. The van der Waals surface area contributed by atoms with Gasteiger partial charge in [-0.1, -0.05) is 82.8 Å². The van der Waals surface area contributed by atoms with Gasteiger partial charge in [0.05, 0.1) is 17.4 Å². The van der Waals surface area contributed by atoms with Gasteiger partial charge in [-0.2, -0.15) is 10.2 Å². The van der Waals surface area contributed by atoms with Crippen molar-refractivity contribution in [3.8, 4) is 0 Å². The van der Waals surface area contributed by atoms with Crippen LogP contribution < -0.4 is 4.90 Å². The van der Waals surface area contributed by atoms with Crippen molar-refractivity contribution in [1.82, 2.24) is 10.0 Å². The Morgan fingerprint density at radius 1 is 0.915 bits per heavy atom. The number of hydrogen-bond donors (Lipinski definition) is 0. The Kier molecular flexibility index (Phi) is 8.59. The Morgan fingerprint density at radius 3 is 2.34 bits per heavy atom. The van der Waals surface area contributed by atoms with Gasteiger partial charge >= 0.3 is 0 Å². The Balaban J connectivity index is 1.20. The SMILES string of the molecule is CCc1ccc(N2C(=O)C3N=NN(CC(=O)N4N=C5C(=Cc6ccc(Cl)cc6Cl)CCCC5C4c4ccc(Cl)cc4Cl)C3C2=O)cc1. The highest BCUT2D eigenvalue weighted by Crippen LogP contribution is 2.47. The third kappa shape index (κ3) is 5.73. The maximum Gasteiger partial charge on any atom is 0.264 e. The molecule has 3 heterocycles. The van der Waals surface area contributed by atoms with Gasteiger partial charge in [0.1, 0.15) is 6.54 Å². The number of allylic oxidation sites excluding steroid dienone is 1. The van der Waals surface area contributed by atoms with Gasteiger partial charge in [-0.05, 0) is 90.4 Å². The van der Waals surface area contributed by atoms with Gasteiger partial charge in [0.2, 0.25) is 0 Å². The molecule has 1 saturated carbocycles. The normalized spacial score (nSPS) is 24.3. The summed E-state index contributed by atoms with van der Waals surface area (Å²) < 4.78 is 0. The van der Waals surface area contributed by atoms with E-state index >= 15 is 0 Å². The van der Waals surface area contributed by atoms with Crippen LogP contribution in [0.25, 0.3) is 6.08 Å². The molecule has 4 aliphatic rings. The van der Waals surface area contributed by atoms with E-state index in [4.69, 9.17) is 51.5 Å². The van der Waals surface area contributed by atoms with Crippen LogP contribution in [0.1, 0.15) is 48.9 Å². The van der Waals surface area contributed by atoms with Gasteiger partial charge in [-0.3, -0.25) is 19.4 Å². The number of hydrogen-bond acceptors (Lipinski definition) is 7. The number of fused-ring (bicyclic) bond motifs is 2. The fourth-order valence-electron chi connectivity index (χ4n) is 6.76. The lowest BCUT2D eigenvalue weighted by Crippen LogP contribution is -2.45. The maximum atomic E-state index is 14.2. The number of benzene rings is 3. The number of anilines is 1. The number of carbonyl (C=O) groups excluding carboxylic acids is 3. The highest BCUT2D eigenvalue weighted by atomic mass is 35.5. The molecule has 0 radical (unpaired) electrons. The molecule has 0 aromatic heterocycles. The largest absolute Gasteiger partial charge is 0.271 e. The quantitative estimate of drug-likeness (QED) is 0.243. The van der Waals surface area contributed by atoms with E-state index in [9.17, 15) is 14.4 Å². The van der Waals surface area contributed by atoms with E-state index in [2.05, 4.69) is 10.3 Å². The molecule has 240 valence electrons. The van der Waals surface area contributed by atoms with Crippen LogP contribution in [0.15, 0.2) is 81.7 Å². The van der Waals surface area contributed by atoms with Crippen molar-refractivity contribution in [1.29, 1.82) is 0 Å². The number of rotatable bonds is 6. The Hall–Kier alpha value is -3.76. The minimum Gasteiger partial charge on any atom is -0.271 e. The van der Waals surface area contributed by atoms with E-state index in [1.54, 1.807) is 36.4 Å². The van der Waals surface area contributed by atoms with Crippen LogP contribution in [0.2, 0.25) is 20.1 Å². The molecule has 13 heteroatoms. The minimum absolute atomic E-state index is 0.159. The molecule has 3 aromatic carbocycles. The molecule has 9 nitrogen and oxygen atoms in total. The first-order valence-electron chi connectivity index (χ1n) is 15.3. The predicted octanol–water partition coefficient (Wildman–Crippen LogP) is 7.98. The number of nitrogens with zero attached hydrogens (tertiary/aromatic N) is 6. The Labute approximate surface area is 291 Å². The number of amides is 3. The summed E-state index contributed by atoms with van der Waals surface area (Å²) in [4.78, 5) is 42.3. The zero-order valence-electron chi connectivity index (χ0n) is 25.1. The van der Waals surface area contributed by atoms with E-state index in [0.29, 0.717) is 31.3 Å². The van der Waals surface area contributed by atoms with Crippen molar-refractivity contribution >= 4 is 81.6 Å². The molecule has 0 bridgehead atoms. The van der Waals surface area contributed by atoms with Gasteiger partial charge in [-0.25, -0.2) is 9.91 Å². The van der Waals surface area contributed by atoms with Gasteiger partial charge in [0.15, 0.2) is 12.1 Å². The van der Waals surface area contributed by atoms with E-state index in [1.165, 1.54) is 10.0 Å². The summed E-state index contributed by atoms with van der Waals surface area (Å²) in [6.45, 7) is 1.71. The van der Waals surface area contributed by atoms with Crippen LogP contribution >= 0.6 is 46.4 Å². The van der Waals surface area contributed by atoms with E-state index < -0.39 is 35.8 Å². The van der Waals surface area contributed by atoms with E-state index in [-0.39, 0.29) is 12.5 Å². The average Bonchev–Trinajstić information content (AvgIpc) is 3.72. The molecule has 47 heavy (non-hydrogen) atoms. The number of imide groups is 1. The molecule has 4 unspecified atom stereocenters. The van der Waals surface area contributed by atoms with Gasteiger partial charge in [0, 0.05) is 26.0 Å². The topological polar surface area (TPSA) is 98.0 Å². The lowest BCUT2D eigenvalue weighted by molar-refractivity contribution is -0.136. The monoisotopic (exact) mass is 708 g/mol. The van der Waals surface area contributed by atoms with Crippen LogP contribution in [0.5, 0.6) is 0 Å². The smallest absolute Gasteiger partial charge is 0.264 e. The highest BCUT2D eigenvalue weighted by Gasteiger charge is 2.55. The second kappa shape index (κ2) is 12.7. The van der Waals surface area contributed by atoms with Crippen molar-refractivity contribution in [2.45, 2.75) is 50.7 Å². The number of hydrazone groups is 1. The van der Waals surface area contributed by atoms with Crippen molar-refractivity contribution < 1.29 is 14.4 Å². The van der Waals surface area contributed by atoms with Gasteiger partial charge in [-0.15, -0.1) is 0 Å². The van der Waals surface area contributed by atoms with Crippen LogP contribution in [0, 0.1) is 5.92 Å². The standard InChI is InChI=1S/C34H28Cl4N6O3/c1-2-18-6-11-23(12-7-18)43-33(46)30-32(34(43)47)42(41-39-30)17-28(45)44-31(24-13-10-22(36)16-27(24)38)25-5-3-4-20(29(25)40-44)14-19-8-9-21(35)15-26(19)37/h6-16,25,30-32H,2-5,17H2,1H3. The summed E-state index contributed by atoms with van der Waals surface area (Å²) in [5.74, 6) is -1.53. The third-order valence-electron chi connectivity index (χ3n) is 9.09.